The molecule has 154 valence electrons. The van der Waals surface area contributed by atoms with Crippen LogP contribution in [0.15, 0.2) is 42.9 Å². The topological polar surface area (TPSA) is 61.4 Å². The van der Waals surface area contributed by atoms with Crippen LogP contribution >= 0.6 is 0 Å². The number of rotatable bonds is 6. The van der Waals surface area contributed by atoms with E-state index >= 15 is 0 Å². The standard InChI is InChI=1S/C22H20F2N4O2/c1-13-7-20(30-12-17-18(23)5-4-6-19(17)24)22-26-15(3)21(28(22)9-13)16-8-25-27(11-16)10-14(2)29/h4-9,11H,10,12H2,1-3H3. The maximum Gasteiger partial charge on any atom is 0.180 e. The highest BCUT2D eigenvalue weighted by Crippen LogP contribution is 2.30. The molecule has 0 saturated heterocycles. The Morgan fingerprint density at radius 2 is 1.90 bits per heavy atom. The summed E-state index contributed by atoms with van der Waals surface area (Å²) in [7, 11) is 0. The molecule has 0 N–H and O–H groups in total. The number of fused-ring (bicyclic) bond motifs is 1. The first kappa shape index (κ1) is 19.8. The molecule has 4 aromatic rings. The molecule has 0 aliphatic carbocycles. The molecule has 4 rings (SSSR count). The zero-order chi connectivity index (χ0) is 21.4. The van der Waals surface area contributed by atoms with Crippen molar-refractivity contribution in [3.63, 3.8) is 0 Å². The predicted octanol–water partition coefficient (Wildman–Crippen LogP) is 4.26. The van der Waals surface area contributed by atoms with Gasteiger partial charge in [-0.2, -0.15) is 5.10 Å². The second-order valence-electron chi connectivity index (χ2n) is 7.24. The summed E-state index contributed by atoms with van der Waals surface area (Å²) in [4.78, 5) is 16.0. The maximum absolute atomic E-state index is 14.0. The van der Waals surface area contributed by atoms with Crippen LogP contribution in [0, 0.1) is 25.5 Å². The maximum atomic E-state index is 14.0. The van der Waals surface area contributed by atoms with Gasteiger partial charge in [0.25, 0.3) is 0 Å². The Kier molecular flexibility index (Phi) is 5.07. The van der Waals surface area contributed by atoms with Crippen molar-refractivity contribution in [3.05, 3.63) is 71.3 Å². The summed E-state index contributed by atoms with van der Waals surface area (Å²) < 4.78 is 37.1. The number of hydrogen-bond donors (Lipinski definition) is 0. The van der Waals surface area contributed by atoms with Crippen molar-refractivity contribution in [1.82, 2.24) is 19.2 Å². The van der Waals surface area contributed by atoms with Crippen molar-refractivity contribution < 1.29 is 18.3 Å². The van der Waals surface area contributed by atoms with Crippen molar-refractivity contribution in [2.45, 2.75) is 33.9 Å². The second-order valence-corrected chi connectivity index (χ2v) is 7.24. The predicted molar refractivity (Wildman–Crippen MR) is 107 cm³/mol. The van der Waals surface area contributed by atoms with Crippen LogP contribution in [0.25, 0.3) is 16.9 Å². The van der Waals surface area contributed by atoms with Crippen LogP contribution < -0.4 is 4.74 Å². The van der Waals surface area contributed by atoms with Gasteiger partial charge < -0.3 is 4.74 Å². The Labute approximate surface area is 171 Å². The number of carbonyl (C=O) groups excluding carboxylic acids is 1. The molecule has 0 atom stereocenters. The Hall–Kier alpha value is -3.55. The van der Waals surface area contributed by atoms with E-state index < -0.39 is 11.6 Å². The highest BCUT2D eigenvalue weighted by atomic mass is 19.1. The van der Waals surface area contributed by atoms with Gasteiger partial charge in [0, 0.05) is 18.0 Å². The summed E-state index contributed by atoms with van der Waals surface area (Å²) in [5, 5.41) is 4.24. The number of ketones is 1. The lowest BCUT2D eigenvalue weighted by Crippen LogP contribution is -2.05. The van der Waals surface area contributed by atoms with Gasteiger partial charge in [0.15, 0.2) is 17.2 Å². The molecule has 0 amide bonds. The summed E-state index contributed by atoms with van der Waals surface area (Å²) in [6.07, 6.45) is 5.37. The monoisotopic (exact) mass is 410 g/mol. The largest absolute Gasteiger partial charge is 0.485 e. The fraction of sp³-hybridized carbons (Fsp3) is 0.227. The number of imidazole rings is 1. The highest BCUT2D eigenvalue weighted by Gasteiger charge is 2.18. The molecule has 1 aromatic carbocycles. The third kappa shape index (κ3) is 3.68. The van der Waals surface area contributed by atoms with Crippen molar-refractivity contribution in [2.75, 3.05) is 0 Å². The van der Waals surface area contributed by atoms with E-state index in [4.69, 9.17) is 4.74 Å². The first-order valence-electron chi connectivity index (χ1n) is 9.40. The Morgan fingerprint density at radius 3 is 2.60 bits per heavy atom. The summed E-state index contributed by atoms with van der Waals surface area (Å²) in [5.41, 5.74) is 3.64. The van der Waals surface area contributed by atoms with Crippen molar-refractivity contribution >= 4 is 11.4 Å². The quantitative estimate of drug-likeness (QED) is 0.477. The third-order valence-corrected chi connectivity index (χ3v) is 4.72. The number of halogens is 2. The molecule has 0 saturated carbocycles. The summed E-state index contributed by atoms with van der Waals surface area (Å²) in [6.45, 7) is 5.20. The van der Waals surface area contributed by atoms with Crippen LogP contribution in [0.3, 0.4) is 0 Å². The molecule has 3 aromatic heterocycles. The summed E-state index contributed by atoms with van der Waals surface area (Å²) >= 11 is 0. The average Bonchev–Trinajstić information content (AvgIpc) is 3.24. The smallest absolute Gasteiger partial charge is 0.180 e. The number of benzene rings is 1. The average molecular weight is 410 g/mol. The number of pyridine rings is 1. The second kappa shape index (κ2) is 7.70. The van der Waals surface area contributed by atoms with Crippen LogP contribution in [0.1, 0.15) is 23.7 Å². The first-order valence-corrected chi connectivity index (χ1v) is 9.40. The molecule has 0 fully saturated rings. The lowest BCUT2D eigenvalue weighted by atomic mass is 10.2. The van der Waals surface area contributed by atoms with Gasteiger partial charge in [-0.1, -0.05) is 6.07 Å². The van der Waals surface area contributed by atoms with Gasteiger partial charge >= 0.3 is 0 Å². The molecule has 8 heteroatoms. The fourth-order valence-electron chi connectivity index (χ4n) is 3.43. The van der Waals surface area contributed by atoms with E-state index in [-0.39, 0.29) is 24.5 Å². The van der Waals surface area contributed by atoms with E-state index in [0.29, 0.717) is 11.4 Å². The van der Waals surface area contributed by atoms with Gasteiger partial charge in [-0.15, -0.1) is 0 Å². The molecule has 3 heterocycles. The Bertz CT molecular complexity index is 1240. The molecule has 0 spiro atoms. The normalized spacial score (nSPS) is 11.2. The minimum atomic E-state index is -0.656. The van der Waals surface area contributed by atoms with E-state index in [1.807, 2.05) is 24.4 Å². The molecular formula is C22H20F2N4O2. The van der Waals surface area contributed by atoms with Gasteiger partial charge in [0.1, 0.15) is 18.2 Å². The van der Waals surface area contributed by atoms with Crippen LogP contribution in [0.5, 0.6) is 5.75 Å². The van der Waals surface area contributed by atoms with E-state index in [1.54, 1.807) is 23.1 Å². The van der Waals surface area contributed by atoms with E-state index in [1.165, 1.54) is 25.1 Å². The molecule has 0 aliphatic heterocycles. The number of Topliss-reactive ketones (excluding diaryl/α,β-unsaturated/α-hetero) is 1. The third-order valence-electron chi connectivity index (χ3n) is 4.72. The minimum absolute atomic E-state index is 0.00595. The zero-order valence-electron chi connectivity index (χ0n) is 16.8. The molecule has 0 unspecified atom stereocenters. The number of carbonyl (C=O) groups is 1. The fourth-order valence-corrected chi connectivity index (χ4v) is 3.43. The van der Waals surface area contributed by atoms with Gasteiger partial charge in [0.05, 0.1) is 29.7 Å². The number of aromatic nitrogens is 4. The summed E-state index contributed by atoms with van der Waals surface area (Å²) in [6, 6.07) is 5.49. The van der Waals surface area contributed by atoms with Crippen LogP contribution in [-0.2, 0) is 17.9 Å². The van der Waals surface area contributed by atoms with Gasteiger partial charge in [-0.05, 0) is 44.5 Å². The first-order chi connectivity index (χ1) is 14.3. The molecule has 0 aliphatic rings. The van der Waals surface area contributed by atoms with Crippen molar-refractivity contribution in [3.8, 4) is 17.0 Å². The molecule has 30 heavy (non-hydrogen) atoms. The van der Waals surface area contributed by atoms with Gasteiger partial charge in [0.2, 0.25) is 0 Å². The van der Waals surface area contributed by atoms with Crippen LogP contribution in [0.2, 0.25) is 0 Å². The zero-order valence-corrected chi connectivity index (χ0v) is 16.8. The van der Waals surface area contributed by atoms with E-state index in [2.05, 4.69) is 10.1 Å². The lowest BCUT2D eigenvalue weighted by molar-refractivity contribution is -0.117. The van der Waals surface area contributed by atoms with E-state index in [9.17, 15) is 13.6 Å². The van der Waals surface area contributed by atoms with Gasteiger partial charge in [-0.3, -0.25) is 13.9 Å². The summed E-state index contributed by atoms with van der Waals surface area (Å²) in [5.74, 6) is -0.886. The highest BCUT2D eigenvalue weighted by molar-refractivity contribution is 5.75. The van der Waals surface area contributed by atoms with Crippen molar-refractivity contribution in [2.24, 2.45) is 0 Å². The van der Waals surface area contributed by atoms with Crippen molar-refractivity contribution in [1.29, 1.82) is 0 Å². The molecule has 0 radical (unpaired) electrons. The number of hydrogen-bond acceptors (Lipinski definition) is 4. The Balaban J connectivity index is 1.74. The van der Waals surface area contributed by atoms with E-state index in [0.717, 1.165) is 22.5 Å². The number of aryl methyl sites for hydroxylation is 2. The molecule has 0 bridgehead atoms. The molecular weight excluding hydrogens is 390 g/mol. The number of ether oxygens (including phenoxy) is 1. The lowest BCUT2D eigenvalue weighted by Gasteiger charge is -2.11. The SMILES string of the molecule is CC(=O)Cn1cc(-c2c(C)nc3c(OCc4c(F)cccc4F)cc(C)cn23)cn1. The van der Waals surface area contributed by atoms with Crippen LogP contribution in [-0.4, -0.2) is 24.9 Å². The number of nitrogens with zero attached hydrogens (tertiary/aromatic N) is 4. The molecule has 6 nitrogen and oxygen atoms in total. The van der Waals surface area contributed by atoms with Crippen LogP contribution in [0.4, 0.5) is 8.78 Å². The Morgan fingerprint density at radius 1 is 1.17 bits per heavy atom. The minimum Gasteiger partial charge on any atom is -0.485 e. The van der Waals surface area contributed by atoms with Gasteiger partial charge in [-0.25, -0.2) is 13.8 Å².